The molecule has 41 heavy (non-hydrogen) atoms. The van der Waals surface area contributed by atoms with Gasteiger partial charge in [-0.15, -0.1) is 23.2 Å². The molecule has 1 aromatic rings. The Morgan fingerprint density at radius 3 is 2.46 bits per heavy atom. The summed E-state index contributed by atoms with van der Waals surface area (Å²) in [5.41, 5.74) is 0.578. The number of carbonyl (C=O) groups excluding carboxylic acids is 4. The molecule has 2 aliphatic carbocycles. The minimum absolute atomic E-state index is 0.00975. The number of hydrogen-bond donors (Lipinski definition) is 2. The van der Waals surface area contributed by atoms with E-state index < -0.39 is 57.1 Å². The maximum absolute atomic E-state index is 13.8. The molecule has 0 radical (unpaired) electrons. The van der Waals surface area contributed by atoms with Gasteiger partial charge in [0.15, 0.2) is 9.75 Å². The number of unbranched alkanes of at least 4 members (excludes halogenated alkanes) is 2. The van der Waals surface area contributed by atoms with Crippen molar-refractivity contribution in [2.24, 2.45) is 17.8 Å². The summed E-state index contributed by atoms with van der Waals surface area (Å²) < 4.78 is 5.55. The quantitative estimate of drug-likeness (QED) is 0.133. The summed E-state index contributed by atoms with van der Waals surface area (Å²) in [7, 11) is 1.40. The Morgan fingerprint density at radius 1 is 1.07 bits per heavy atom. The Bertz CT molecular complexity index is 1370. The van der Waals surface area contributed by atoms with Gasteiger partial charge in [-0.2, -0.15) is 0 Å². The van der Waals surface area contributed by atoms with Gasteiger partial charge in [-0.05, 0) is 43.7 Å². The summed E-state index contributed by atoms with van der Waals surface area (Å²) >= 11 is 17.6. The maximum Gasteiger partial charge on any atom is 0.303 e. The Labute approximate surface area is 254 Å². The number of likely N-dealkylation sites (tertiary alicyclic amines) is 2. The van der Waals surface area contributed by atoms with Gasteiger partial charge in [0.1, 0.15) is 11.5 Å². The molecule has 220 valence electrons. The average Bonchev–Trinajstić information content (AvgIpc) is 3.26. The van der Waals surface area contributed by atoms with Gasteiger partial charge in [0.2, 0.25) is 11.8 Å². The molecule has 0 spiro atoms. The van der Waals surface area contributed by atoms with Crippen molar-refractivity contribution in [3.05, 3.63) is 35.4 Å². The lowest BCUT2D eigenvalue weighted by Crippen LogP contribution is -2.60. The largest absolute Gasteiger partial charge is 0.508 e. The third-order valence-corrected chi connectivity index (χ3v) is 10.8. The zero-order chi connectivity index (χ0) is 29.9. The second kappa shape index (κ2) is 10.9. The molecule has 0 aromatic heterocycles. The van der Waals surface area contributed by atoms with Gasteiger partial charge in [-0.3, -0.25) is 33.8 Å². The maximum atomic E-state index is 13.8. The molecule has 13 heteroatoms. The van der Waals surface area contributed by atoms with Crippen molar-refractivity contribution in [1.82, 2.24) is 9.80 Å². The highest BCUT2D eigenvalue weighted by molar-refractivity contribution is 9.09. The van der Waals surface area contributed by atoms with Gasteiger partial charge >= 0.3 is 5.97 Å². The molecular formula is C28H29BrCl2N2O8. The number of carboxylic acids is 1. The molecule has 2 heterocycles. The molecule has 0 bridgehead atoms. The van der Waals surface area contributed by atoms with Crippen LogP contribution in [0.3, 0.4) is 0 Å². The van der Waals surface area contributed by atoms with Gasteiger partial charge in [0, 0.05) is 24.4 Å². The normalized spacial score (nSPS) is 32.5. The van der Waals surface area contributed by atoms with Crippen LogP contribution >= 0.6 is 39.1 Å². The first-order valence-corrected chi connectivity index (χ1v) is 15.2. The highest BCUT2D eigenvalue weighted by Gasteiger charge is 2.76. The van der Waals surface area contributed by atoms with E-state index in [2.05, 4.69) is 15.9 Å². The predicted molar refractivity (Wildman–Crippen MR) is 151 cm³/mol. The number of benzene rings is 1. The molecule has 2 saturated heterocycles. The van der Waals surface area contributed by atoms with E-state index in [1.807, 2.05) is 0 Å². The van der Waals surface area contributed by atoms with E-state index in [0.717, 1.165) is 4.90 Å². The number of ether oxygens (including phenoxy) is 1. The van der Waals surface area contributed by atoms with E-state index in [0.29, 0.717) is 24.8 Å². The van der Waals surface area contributed by atoms with E-state index >= 15 is 0 Å². The average molecular weight is 672 g/mol. The zero-order valence-corrected chi connectivity index (χ0v) is 25.2. The van der Waals surface area contributed by atoms with Crippen molar-refractivity contribution in [3.8, 4) is 11.5 Å². The fourth-order valence-electron chi connectivity index (χ4n) is 7.08. The second-order valence-electron chi connectivity index (χ2n) is 10.9. The van der Waals surface area contributed by atoms with Crippen LogP contribution in [0.25, 0.3) is 0 Å². The molecule has 1 aromatic carbocycles. The number of phenols is 1. The monoisotopic (exact) mass is 670 g/mol. The van der Waals surface area contributed by atoms with E-state index in [1.54, 1.807) is 18.2 Å². The smallest absolute Gasteiger partial charge is 0.303 e. The number of allylic oxidation sites excluding steroid dienone is 2. The van der Waals surface area contributed by atoms with E-state index in [-0.39, 0.29) is 54.2 Å². The number of carbonyl (C=O) groups is 5. The lowest BCUT2D eigenvalue weighted by molar-refractivity contribution is -0.141. The number of phenolic OH excluding ortho intramolecular Hbond substituents is 1. The van der Waals surface area contributed by atoms with Crippen LogP contribution in [0.5, 0.6) is 11.5 Å². The molecule has 4 aliphatic rings. The van der Waals surface area contributed by atoms with Crippen molar-refractivity contribution in [2.45, 2.75) is 54.2 Å². The van der Waals surface area contributed by atoms with Crippen molar-refractivity contribution in [3.63, 3.8) is 0 Å². The van der Waals surface area contributed by atoms with E-state index in [9.17, 15) is 29.1 Å². The van der Waals surface area contributed by atoms with Crippen LogP contribution in [-0.4, -0.2) is 78.5 Å². The molecule has 4 amide bonds. The lowest BCUT2D eigenvalue weighted by atomic mass is 9.56. The Morgan fingerprint density at radius 2 is 1.80 bits per heavy atom. The van der Waals surface area contributed by atoms with Crippen LogP contribution in [0.15, 0.2) is 29.8 Å². The number of aromatic hydroxyl groups is 1. The fourth-order valence-corrected chi connectivity index (χ4v) is 8.49. The van der Waals surface area contributed by atoms with Gasteiger partial charge in [0.05, 0.1) is 24.4 Å². The number of rotatable bonds is 9. The van der Waals surface area contributed by atoms with Gasteiger partial charge < -0.3 is 14.9 Å². The van der Waals surface area contributed by atoms with Crippen molar-refractivity contribution in [2.75, 3.05) is 19.1 Å². The summed E-state index contributed by atoms with van der Waals surface area (Å²) in [5.74, 6) is -6.42. The summed E-state index contributed by atoms with van der Waals surface area (Å²) in [6.45, 7) is 0.156. The minimum Gasteiger partial charge on any atom is -0.508 e. The molecule has 6 atom stereocenters. The van der Waals surface area contributed by atoms with Gasteiger partial charge in [-0.1, -0.05) is 40.1 Å². The Balaban J connectivity index is 1.58. The number of alkyl halides is 3. The molecule has 2 aliphatic heterocycles. The van der Waals surface area contributed by atoms with Crippen molar-refractivity contribution < 1.29 is 38.9 Å². The third-order valence-electron chi connectivity index (χ3n) is 8.93. The number of fused-ring (bicyclic) bond motifs is 4. The van der Waals surface area contributed by atoms with Gasteiger partial charge in [0.25, 0.3) is 11.8 Å². The van der Waals surface area contributed by atoms with Crippen molar-refractivity contribution in [1.29, 1.82) is 0 Å². The zero-order valence-electron chi connectivity index (χ0n) is 22.1. The summed E-state index contributed by atoms with van der Waals surface area (Å²) in [5, 5.41) is 19.9. The summed E-state index contributed by atoms with van der Waals surface area (Å²) in [6, 6.07) is 4.59. The highest BCUT2D eigenvalue weighted by atomic mass is 79.9. The van der Waals surface area contributed by atoms with Crippen LogP contribution in [0.4, 0.5) is 0 Å². The first kappa shape index (κ1) is 29.8. The van der Waals surface area contributed by atoms with Gasteiger partial charge in [-0.25, -0.2) is 0 Å². The number of carboxylic acid groups (broad SMARTS) is 1. The molecular weight excluding hydrogens is 643 g/mol. The lowest BCUT2D eigenvalue weighted by Gasteiger charge is -2.51. The molecule has 1 saturated carbocycles. The number of imide groups is 2. The van der Waals surface area contributed by atoms with Crippen LogP contribution < -0.4 is 4.74 Å². The Hall–Kier alpha value is -2.63. The minimum atomic E-state index is -2.05. The number of halogens is 3. The van der Waals surface area contributed by atoms with E-state index in [4.69, 9.17) is 33.0 Å². The van der Waals surface area contributed by atoms with Crippen LogP contribution in [0.1, 0.15) is 50.0 Å². The Kier molecular flexibility index (Phi) is 7.93. The molecule has 2 N–H and O–H groups in total. The molecule has 10 nitrogen and oxygen atoms in total. The summed E-state index contributed by atoms with van der Waals surface area (Å²) in [6.07, 6.45) is 3.29. The number of methoxy groups -OCH3 is 1. The van der Waals surface area contributed by atoms with E-state index in [1.165, 1.54) is 18.1 Å². The predicted octanol–water partition coefficient (Wildman–Crippen LogP) is 3.76. The SMILES string of the molecule is COc1cccc(O)c1C1C2=CCC3C(=O)N(CCCCCC(=O)O)C(=O)C3C2CC2(Cl)C(=O)N(CBr)C(=O)C12Cl. The molecule has 3 fully saturated rings. The third kappa shape index (κ3) is 4.29. The molecule has 5 rings (SSSR count). The number of amides is 4. The van der Waals surface area contributed by atoms with Crippen LogP contribution in [0.2, 0.25) is 0 Å². The number of nitrogens with zero attached hydrogens (tertiary/aromatic N) is 2. The standard InChI is InChI=1S/C28H29BrCl2N2O8/c1-41-18-7-5-6-17(34)21(18)22-14-9-10-15-20(24(38)32(23(15)37)11-4-2-3-8-19(35)36)16(14)12-27(30)25(39)33(13-29)26(40)28(22,27)31/h5-7,9,15-16,20,22,34H,2-4,8,10-13H2,1H3,(H,35,36). The highest BCUT2D eigenvalue weighted by Crippen LogP contribution is 2.67. The second-order valence-corrected chi connectivity index (χ2v) is 12.7. The van der Waals surface area contributed by atoms with Crippen LogP contribution in [0, 0.1) is 17.8 Å². The first-order valence-electron chi connectivity index (χ1n) is 13.4. The number of hydrogen-bond acceptors (Lipinski definition) is 7. The van der Waals surface area contributed by atoms with Crippen molar-refractivity contribution >= 4 is 68.7 Å². The number of aliphatic carboxylic acids is 1. The fraction of sp³-hybridized carbons (Fsp3) is 0.536. The topological polar surface area (TPSA) is 142 Å². The summed E-state index contributed by atoms with van der Waals surface area (Å²) in [4.78, 5) is 63.7. The molecule has 6 unspecified atom stereocenters. The first-order chi connectivity index (χ1) is 19.4. The van der Waals surface area contributed by atoms with Crippen LogP contribution in [-0.2, 0) is 24.0 Å².